The van der Waals surface area contributed by atoms with Gasteiger partial charge in [-0.2, -0.15) is 0 Å². The first-order chi connectivity index (χ1) is 17.4. The van der Waals surface area contributed by atoms with Crippen LogP contribution in [0.2, 0.25) is 0 Å². The number of allylic oxidation sites excluding steroid dienone is 4. The summed E-state index contributed by atoms with van der Waals surface area (Å²) in [5.41, 5.74) is 1.68. The molecule has 4 aliphatic rings. The van der Waals surface area contributed by atoms with Crippen LogP contribution in [0.1, 0.15) is 129 Å². The Hall–Kier alpha value is -0.550. The Morgan fingerprint density at radius 2 is 0.917 bits per heavy atom. The largest absolute Gasteiger partial charge is 0.483 e. The van der Waals surface area contributed by atoms with Gasteiger partial charge in [0.25, 0.3) is 0 Å². The van der Waals surface area contributed by atoms with E-state index in [2.05, 4.69) is 26.0 Å². The normalized spacial score (nSPS) is 33.1. The molecule has 4 aliphatic carbocycles. The first-order valence-electron chi connectivity index (χ1n) is 15.5. The highest BCUT2D eigenvalue weighted by molar-refractivity contribution is 6.51. The van der Waals surface area contributed by atoms with Crippen molar-refractivity contribution in [3.05, 3.63) is 23.1 Å². The lowest BCUT2D eigenvalue weighted by Gasteiger charge is -2.35. The second-order valence-electron chi connectivity index (χ2n) is 12.5. The Labute approximate surface area is 222 Å². The van der Waals surface area contributed by atoms with E-state index in [4.69, 9.17) is 20.1 Å². The minimum absolute atomic E-state index is 0.801. The molecule has 0 aliphatic heterocycles. The van der Waals surface area contributed by atoms with E-state index in [1.54, 1.807) is 0 Å². The molecule has 2 saturated carbocycles. The molecule has 0 amide bonds. The maximum atomic E-state index is 9.15. The first-order valence-corrected chi connectivity index (χ1v) is 15.5. The van der Waals surface area contributed by atoms with Crippen LogP contribution >= 0.6 is 0 Å². The third-order valence-corrected chi connectivity index (χ3v) is 10.1. The molecule has 0 aromatic carbocycles. The Balaban J connectivity index is 0.000000201. The maximum absolute atomic E-state index is 9.15. The fourth-order valence-corrected chi connectivity index (χ4v) is 7.79. The standard InChI is InChI=1S/2C15H27BO2/c2*1-2-3-12-4-6-13(7-5-12)14-8-10-15(11-9-14)16(17)18/h2*10,12-14,17-18H,2-9,11H2,1H3. The van der Waals surface area contributed by atoms with E-state index < -0.39 is 14.2 Å². The van der Waals surface area contributed by atoms with Gasteiger partial charge in [-0.25, -0.2) is 0 Å². The zero-order valence-electron chi connectivity index (χ0n) is 23.3. The maximum Gasteiger partial charge on any atom is 0.483 e. The molecule has 0 radical (unpaired) electrons. The van der Waals surface area contributed by atoms with Gasteiger partial charge in [0.15, 0.2) is 0 Å². The van der Waals surface area contributed by atoms with E-state index in [1.807, 2.05) is 0 Å². The van der Waals surface area contributed by atoms with Gasteiger partial charge >= 0.3 is 14.2 Å². The molecular weight excluding hydrogens is 446 g/mol. The van der Waals surface area contributed by atoms with E-state index in [9.17, 15) is 0 Å². The van der Waals surface area contributed by atoms with Crippen molar-refractivity contribution in [2.75, 3.05) is 0 Å². The lowest BCUT2D eigenvalue weighted by atomic mass is 9.66. The predicted molar refractivity (Wildman–Crippen MR) is 152 cm³/mol. The van der Waals surface area contributed by atoms with Gasteiger partial charge in [0.05, 0.1) is 0 Å². The Bertz CT molecular complexity index is 618. The number of rotatable bonds is 8. The van der Waals surface area contributed by atoms with Crippen LogP contribution in [0.15, 0.2) is 23.1 Å². The summed E-state index contributed by atoms with van der Waals surface area (Å²) in [6, 6.07) is 0. The molecular formula is C30H54B2O4. The lowest BCUT2D eigenvalue weighted by molar-refractivity contribution is 0.187. The highest BCUT2D eigenvalue weighted by Crippen LogP contribution is 2.42. The molecule has 2 unspecified atom stereocenters. The summed E-state index contributed by atoms with van der Waals surface area (Å²) in [6.45, 7) is 4.58. The van der Waals surface area contributed by atoms with E-state index >= 15 is 0 Å². The summed E-state index contributed by atoms with van der Waals surface area (Å²) < 4.78 is 0. The van der Waals surface area contributed by atoms with Gasteiger partial charge in [0.2, 0.25) is 0 Å². The molecule has 0 heterocycles. The number of hydrogen-bond donors (Lipinski definition) is 4. The van der Waals surface area contributed by atoms with Gasteiger partial charge in [0.1, 0.15) is 0 Å². The zero-order chi connectivity index (χ0) is 25.9. The van der Waals surface area contributed by atoms with Crippen molar-refractivity contribution in [1.82, 2.24) is 0 Å². The molecule has 4 nitrogen and oxygen atoms in total. The van der Waals surface area contributed by atoms with Gasteiger partial charge in [0, 0.05) is 0 Å². The predicted octanol–water partition coefficient (Wildman–Crippen LogP) is 6.66. The molecule has 0 aromatic heterocycles. The Morgan fingerprint density at radius 3 is 1.17 bits per heavy atom. The Morgan fingerprint density at radius 1 is 0.556 bits per heavy atom. The van der Waals surface area contributed by atoms with Crippen LogP contribution in [0.5, 0.6) is 0 Å². The summed E-state index contributed by atoms with van der Waals surface area (Å²) in [4.78, 5) is 0. The molecule has 2 fully saturated rings. The molecule has 4 rings (SSSR count). The van der Waals surface area contributed by atoms with Gasteiger partial charge in [-0.15, -0.1) is 0 Å². The van der Waals surface area contributed by atoms with Crippen LogP contribution in [-0.2, 0) is 0 Å². The topological polar surface area (TPSA) is 80.9 Å². The molecule has 2 atom stereocenters. The highest BCUT2D eigenvalue weighted by Gasteiger charge is 2.31. The van der Waals surface area contributed by atoms with Gasteiger partial charge < -0.3 is 20.1 Å². The van der Waals surface area contributed by atoms with Gasteiger partial charge in [-0.05, 0) is 111 Å². The molecule has 36 heavy (non-hydrogen) atoms. The van der Waals surface area contributed by atoms with Crippen LogP contribution in [0.3, 0.4) is 0 Å². The van der Waals surface area contributed by atoms with E-state index in [1.165, 1.54) is 77.0 Å². The van der Waals surface area contributed by atoms with Gasteiger partial charge in [-0.3, -0.25) is 0 Å². The summed E-state index contributed by atoms with van der Waals surface area (Å²) in [6.07, 6.45) is 27.2. The molecule has 204 valence electrons. The molecule has 4 N–H and O–H groups in total. The monoisotopic (exact) mass is 500 g/mol. The van der Waals surface area contributed by atoms with E-state index in [0.29, 0.717) is 0 Å². The van der Waals surface area contributed by atoms with E-state index in [-0.39, 0.29) is 0 Å². The van der Waals surface area contributed by atoms with Gasteiger partial charge in [-0.1, -0.05) is 77.4 Å². The first kappa shape index (κ1) is 30.0. The van der Waals surface area contributed by atoms with Crippen molar-refractivity contribution < 1.29 is 20.1 Å². The third-order valence-electron chi connectivity index (χ3n) is 10.1. The summed E-state index contributed by atoms with van der Waals surface area (Å²) in [5, 5.41) is 36.6. The fourth-order valence-electron chi connectivity index (χ4n) is 7.79. The molecule has 0 saturated heterocycles. The minimum Gasteiger partial charge on any atom is -0.423 e. The van der Waals surface area contributed by atoms with Crippen molar-refractivity contribution in [3.63, 3.8) is 0 Å². The third kappa shape index (κ3) is 9.33. The number of hydrogen-bond acceptors (Lipinski definition) is 4. The SMILES string of the molecule is CCCC1CCC(C2CC=C(B(O)O)CC2)CC1.CCCC1CCC(C2CC=C(B(O)O)CC2)CC1. The summed E-state index contributed by atoms with van der Waals surface area (Å²) in [7, 11) is -2.43. The second-order valence-corrected chi connectivity index (χ2v) is 12.5. The summed E-state index contributed by atoms with van der Waals surface area (Å²) >= 11 is 0. The Kier molecular flexibility index (Phi) is 13.1. The second kappa shape index (κ2) is 15.8. The smallest absolute Gasteiger partial charge is 0.423 e. The van der Waals surface area contributed by atoms with Crippen LogP contribution in [0.25, 0.3) is 0 Å². The highest BCUT2D eigenvalue weighted by atomic mass is 16.4. The van der Waals surface area contributed by atoms with Crippen molar-refractivity contribution >= 4 is 14.2 Å². The van der Waals surface area contributed by atoms with Crippen LogP contribution < -0.4 is 0 Å². The van der Waals surface area contributed by atoms with Crippen LogP contribution in [0, 0.1) is 35.5 Å². The average Bonchev–Trinajstić information content (AvgIpc) is 2.90. The van der Waals surface area contributed by atoms with Crippen molar-refractivity contribution in [2.45, 2.75) is 129 Å². The fraction of sp³-hybridized carbons (Fsp3) is 0.867. The lowest BCUT2D eigenvalue weighted by Crippen LogP contribution is -2.26. The zero-order valence-corrected chi connectivity index (χ0v) is 23.3. The molecule has 0 aromatic rings. The average molecular weight is 500 g/mol. The van der Waals surface area contributed by atoms with Crippen LogP contribution in [0.4, 0.5) is 0 Å². The molecule has 0 spiro atoms. The molecule has 0 bridgehead atoms. The summed E-state index contributed by atoms with van der Waals surface area (Å²) in [5.74, 6) is 5.36. The van der Waals surface area contributed by atoms with Crippen molar-refractivity contribution in [3.8, 4) is 0 Å². The van der Waals surface area contributed by atoms with E-state index in [0.717, 1.165) is 85.0 Å². The van der Waals surface area contributed by atoms with Crippen molar-refractivity contribution in [2.24, 2.45) is 35.5 Å². The minimum atomic E-state index is -1.22. The van der Waals surface area contributed by atoms with Crippen LogP contribution in [-0.4, -0.2) is 34.3 Å². The quantitative estimate of drug-likeness (QED) is 0.281. The van der Waals surface area contributed by atoms with Crippen molar-refractivity contribution in [1.29, 1.82) is 0 Å². The molecule has 6 heteroatoms.